The molecule has 22 heteroatoms. The van der Waals surface area contributed by atoms with Crippen LogP contribution in [0.5, 0.6) is 0 Å². The van der Waals surface area contributed by atoms with E-state index in [4.69, 9.17) is 11.6 Å². The van der Waals surface area contributed by atoms with Gasteiger partial charge in [0.05, 0.1) is 93.2 Å². The maximum absolute atomic E-state index is 13.5. The Balaban J connectivity index is 0.000000145. The molecule has 0 aliphatic heterocycles. The quantitative estimate of drug-likeness (QED) is 0.0359. The summed E-state index contributed by atoms with van der Waals surface area (Å²) in [6.07, 6.45) is 25.5. The number of fused-ring (bicyclic) bond motifs is 9. The monoisotopic (exact) mass is 1380 g/mol. The molecule has 3 N–H and O–H groups in total. The summed E-state index contributed by atoms with van der Waals surface area (Å²) in [6.45, 7) is 0. The number of thioether (sulfide) groups is 1. The number of rotatable bonds is 11. The molecule has 494 valence electrons. The Morgan fingerprint density at radius 2 is 0.784 bits per heavy atom. The van der Waals surface area contributed by atoms with Gasteiger partial charge >= 0.3 is 29.6 Å². The van der Waals surface area contributed by atoms with Crippen LogP contribution in [-0.2, 0) is 41.7 Å². The van der Waals surface area contributed by atoms with E-state index in [1.54, 1.807) is 75.2 Å². The van der Waals surface area contributed by atoms with Crippen LogP contribution in [0.4, 0.5) is 0 Å². The molecule has 0 bridgehead atoms. The molecule has 17 nitrogen and oxygen atoms in total. The molecule has 12 aromatic rings. The largest absolute Gasteiger partial charge is 1.00 e. The van der Waals surface area contributed by atoms with Crippen molar-refractivity contribution in [2.75, 3.05) is 18.8 Å². The van der Waals surface area contributed by atoms with Crippen molar-refractivity contribution in [3.05, 3.63) is 235 Å². The Morgan fingerprint density at radius 3 is 1.08 bits per heavy atom. The van der Waals surface area contributed by atoms with E-state index in [1.807, 2.05) is 103 Å². The SMILES string of the molecule is CS(=O)(=O)c1ccc(Cc2cc3c(=O)n([C@H]4CCCC[C@@H]4O)cnc3c3ccccc23)cn1.CSc1ccc(Cc2cc3c(=O)n([C@H]4CCCC[C@@H]4O)cnc3c3ccccc23)cn1.C[S-].O=c1c2cc(Cc3ccc(Cl)nc3)c3ccccc3c2ncn1[C@H]1CCCC[C@@H]1O.[Na+]. The summed E-state index contributed by atoms with van der Waals surface area (Å²) in [6, 6.07) is 40.2. The predicted molar refractivity (Wildman–Crippen MR) is 385 cm³/mol. The Hall–Kier alpha value is -7.21. The number of nitrogens with zero attached hydrogens (tertiary/aromatic N) is 9. The van der Waals surface area contributed by atoms with Gasteiger partial charge in [-0.25, -0.2) is 38.3 Å². The molecule has 3 saturated carbocycles. The second-order valence-corrected chi connectivity index (χ2v) is 28.2. The van der Waals surface area contributed by atoms with Gasteiger partial charge in [-0.3, -0.25) is 28.1 Å². The van der Waals surface area contributed by atoms with E-state index < -0.39 is 28.1 Å². The average molecular weight is 1390 g/mol. The molecule has 97 heavy (non-hydrogen) atoms. The number of aliphatic hydroxyl groups is 3. The molecule has 0 saturated heterocycles. The molecule has 3 fully saturated rings. The standard InChI is InChI=1S/C25H25N3O4S.C25H25N3O2S.C24H22ClN3O2.CH4S.Na/c1-33(31,32)23-11-10-16(14-26-23)12-17-13-20-24(19-7-3-2-6-18(17)19)27-15-28(25(20)30)21-8-4-5-9-22(21)29;1-31-23-11-10-16(14-26-23)12-17-13-20-24(19-7-3-2-6-18(17)19)27-15-28(25(20)30)21-8-4-5-9-22(21)29;25-22-10-9-15(13-26-22)11-16-12-19-23(18-6-2-1-5-17(16)18)27-14-28(24(19)30)20-7-3-4-8-21(20)29;1-2;/h2-3,6-7,10-11,13-15,21-22,29H,4-5,8-9,12H2,1H3;2-3,6-7,10-11,13-15,21-22,29H,4-5,8-9,12H2,1H3;1-2,5-6,9-10,12-14,20-21,29H,3-4,7-8,11H2;2H,1H3;/q;;;;+1/p-1/t2*21-,22-;20-,21-;;/m000../s1. The van der Waals surface area contributed by atoms with Crippen molar-refractivity contribution in [3.8, 4) is 0 Å². The number of hydrogen-bond acceptors (Lipinski definition) is 16. The van der Waals surface area contributed by atoms with Crippen LogP contribution in [0.15, 0.2) is 189 Å². The first-order valence-electron chi connectivity index (χ1n) is 32.5. The van der Waals surface area contributed by atoms with Crippen molar-refractivity contribution in [2.45, 2.75) is 143 Å². The van der Waals surface area contributed by atoms with E-state index in [9.17, 15) is 38.1 Å². The first kappa shape index (κ1) is 71.1. The first-order valence-corrected chi connectivity index (χ1v) is 36.8. The molecule has 0 amide bonds. The van der Waals surface area contributed by atoms with Crippen molar-refractivity contribution in [2.24, 2.45) is 0 Å². The van der Waals surface area contributed by atoms with Crippen LogP contribution in [0, 0.1) is 0 Å². The van der Waals surface area contributed by atoms with Gasteiger partial charge in [0.15, 0.2) is 14.9 Å². The minimum atomic E-state index is -3.37. The second kappa shape index (κ2) is 31.8. The zero-order valence-electron chi connectivity index (χ0n) is 54.7. The van der Waals surface area contributed by atoms with E-state index in [0.29, 0.717) is 58.0 Å². The summed E-state index contributed by atoms with van der Waals surface area (Å²) in [5.41, 5.74) is 7.81. The average Bonchev–Trinajstić information content (AvgIpc) is 0.766. The smallest absolute Gasteiger partial charge is 0.796 e. The molecule has 3 aliphatic rings. The third-order valence-electron chi connectivity index (χ3n) is 18.9. The number of hydrogen-bond donors (Lipinski definition) is 3. The van der Waals surface area contributed by atoms with Crippen molar-refractivity contribution in [1.82, 2.24) is 43.6 Å². The Labute approximate surface area is 599 Å². The normalized spacial score (nSPS) is 18.7. The Kier molecular flexibility index (Phi) is 23.3. The van der Waals surface area contributed by atoms with Crippen LogP contribution in [-0.4, -0.2) is 104 Å². The van der Waals surface area contributed by atoms with Gasteiger partial charge in [-0.1, -0.05) is 141 Å². The van der Waals surface area contributed by atoms with Gasteiger partial charge in [0.25, 0.3) is 16.7 Å². The van der Waals surface area contributed by atoms with Crippen molar-refractivity contribution < 1.29 is 53.3 Å². The zero-order chi connectivity index (χ0) is 67.2. The summed E-state index contributed by atoms with van der Waals surface area (Å²) in [4.78, 5) is 67.2. The molecule has 6 aromatic carbocycles. The molecule has 6 aromatic heterocycles. The molecule has 3 aliphatic carbocycles. The van der Waals surface area contributed by atoms with Gasteiger partial charge in [-0.2, -0.15) is 6.26 Å². The topological polar surface area (TPSA) is 238 Å². The fourth-order valence-electron chi connectivity index (χ4n) is 14.1. The van der Waals surface area contributed by atoms with Gasteiger partial charge in [-0.05, 0) is 150 Å². The first-order chi connectivity index (χ1) is 46.6. The summed E-state index contributed by atoms with van der Waals surface area (Å²) in [5, 5.41) is 40.6. The number of aromatic nitrogens is 9. The van der Waals surface area contributed by atoms with Crippen LogP contribution in [0.3, 0.4) is 0 Å². The van der Waals surface area contributed by atoms with E-state index in [2.05, 4.69) is 60.7 Å². The van der Waals surface area contributed by atoms with E-state index in [1.165, 1.54) is 6.07 Å². The Bertz CT molecular complexity index is 5120. The molecular weight excluding hydrogens is 1310 g/mol. The van der Waals surface area contributed by atoms with Crippen LogP contribution in [0.2, 0.25) is 5.15 Å². The molecule has 6 atom stereocenters. The van der Waals surface area contributed by atoms with Crippen LogP contribution >= 0.6 is 23.4 Å². The minimum absolute atomic E-state index is 0. The van der Waals surface area contributed by atoms with Gasteiger partial charge in [0.1, 0.15) is 5.15 Å². The predicted octanol–water partition coefficient (Wildman–Crippen LogP) is 9.98. The molecule has 15 rings (SSSR count). The van der Waals surface area contributed by atoms with Gasteiger partial charge in [0, 0.05) is 41.0 Å². The van der Waals surface area contributed by atoms with Crippen molar-refractivity contribution in [3.63, 3.8) is 0 Å². The summed E-state index contributed by atoms with van der Waals surface area (Å²) < 4.78 is 28.3. The number of pyridine rings is 3. The van der Waals surface area contributed by atoms with E-state index in [0.717, 1.165) is 153 Å². The van der Waals surface area contributed by atoms with Gasteiger partial charge in [-0.15, -0.1) is 11.8 Å². The fourth-order valence-corrected chi connectivity index (χ4v) is 15.1. The van der Waals surface area contributed by atoms with Gasteiger partial charge < -0.3 is 27.9 Å². The van der Waals surface area contributed by atoms with Crippen molar-refractivity contribution >= 4 is 111 Å². The number of aliphatic hydroxyl groups excluding tert-OH is 3. The van der Waals surface area contributed by atoms with Gasteiger partial charge in [0.2, 0.25) is 0 Å². The maximum atomic E-state index is 13.5. The Morgan fingerprint density at radius 1 is 0.454 bits per heavy atom. The minimum Gasteiger partial charge on any atom is -0.796 e. The fraction of sp³-hybridized carbons (Fsp3) is 0.320. The summed E-state index contributed by atoms with van der Waals surface area (Å²) >= 11 is 11.6. The zero-order valence-corrected chi connectivity index (χ0v) is 59.9. The maximum Gasteiger partial charge on any atom is 1.00 e. The molecule has 0 radical (unpaired) electrons. The van der Waals surface area contributed by atoms with Crippen molar-refractivity contribution in [1.29, 1.82) is 0 Å². The van der Waals surface area contributed by atoms with Crippen LogP contribution in [0.25, 0.3) is 65.0 Å². The van der Waals surface area contributed by atoms with E-state index >= 15 is 0 Å². The molecule has 0 unspecified atom stereocenters. The molecular formula is C75H75ClN9NaO8S3. The third kappa shape index (κ3) is 15.5. The van der Waals surface area contributed by atoms with Crippen LogP contribution < -0.4 is 46.2 Å². The van der Waals surface area contributed by atoms with Crippen LogP contribution in [0.1, 0.15) is 129 Å². The van der Waals surface area contributed by atoms with E-state index in [-0.39, 0.29) is 69.4 Å². The number of halogens is 1. The number of benzene rings is 6. The molecule has 0 spiro atoms. The summed E-state index contributed by atoms with van der Waals surface area (Å²) in [7, 11) is -3.37. The summed E-state index contributed by atoms with van der Waals surface area (Å²) in [5.74, 6) is 0. The third-order valence-corrected chi connectivity index (χ3v) is 20.8. The number of sulfone groups is 1. The molecule has 6 heterocycles. The second-order valence-electron chi connectivity index (χ2n) is 25.1.